The number of nitrogens with two attached hydrogens (primary N) is 4. The Kier molecular flexibility index (Phi) is 41600. The van der Waals surface area contributed by atoms with Crippen LogP contribution in [0.15, 0.2) is 0 Å². The first-order valence-corrected chi connectivity index (χ1v) is 1.03. The fourth-order valence-electron chi connectivity index (χ4n) is 0. The molecule has 0 aromatic carbocycles. The molecule has 1 radical (unpaired) electrons. The van der Waals surface area contributed by atoms with Crippen molar-refractivity contribution in [2.24, 2.45) is 23.6 Å². The molecule has 0 saturated carbocycles. The average molecular weight is 196 g/mol. The van der Waals surface area contributed by atoms with Crippen LogP contribution in [0.4, 0.5) is 0 Å². The Morgan fingerprint density at radius 3 is 0.444 bits per heavy atom. The largest absolute Gasteiger partial charge is 0.320 e. The topological polar surface area (TPSA) is 185 Å². The Bertz CT molecular complexity index is 12.5. The fraction of sp³-hybridized carbons (Fsp3) is 0. The summed E-state index contributed by atoms with van der Waals surface area (Å²) in [6, 6.07) is 0. The van der Waals surface area contributed by atoms with Crippen molar-refractivity contribution in [1.82, 2.24) is 0 Å². The minimum absolute atomic E-state index is 0. The van der Waals surface area contributed by atoms with E-state index in [1.807, 2.05) is 0 Å². The van der Waals surface area contributed by atoms with E-state index < -0.39 is 0 Å². The minimum atomic E-state index is 0. The molecule has 0 aromatic rings. The molecule has 0 rings (SSSR count). The quantitative estimate of drug-likeness (QED) is 0.152. The number of hydrogen-bond acceptors (Lipinski definition) is 8. The molecule has 0 fully saturated rings. The monoisotopic (exact) mass is 195 g/mol. The van der Waals surface area contributed by atoms with Gasteiger partial charge in [-0.1, -0.05) is 0 Å². The summed E-state index contributed by atoms with van der Waals surface area (Å²) in [5.74, 6) is 14.0. The molecule has 67 valence electrons. The van der Waals surface area contributed by atoms with Crippen LogP contribution in [0.25, 0.3) is 0 Å². The summed E-state index contributed by atoms with van der Waals surface area (Å²) in [6.45, 7) is 0. The van der Waals surface area contributed by atoms with Crippen LogP contribution in [0.5, 0.6) is 0 Å². The zero-order valence-corrected chi connectivity index (χ0v) is 5.34. The molecule has 0 amide bonds. The second kappa shape index (κ2) is 10700. The molecular weight excluding hydrogens is 184 g/mol. The van der Waals surface area contributed by atoms with Crippen LogP contribution in [0.2, 0.25) is 0 Å². The zero-order valence-electron chi connectivity index (χ0n) is 4.40. The van der Waals surface area contributed by atoms with Crippen LogP contribution in [0.1, 0.15) is 0 Å². The van der Waals surface area contributed by atoms with E-state index in [9.17, 15) is 0 Å². The molecule has 0 bridgehead atoms. The Hall–Kier alpha value is 0.199. The van der Waals surface area contributed by atoms with Crippen LogP contribution in [-0.2, 0) is 17.1 Å². The summed E-state index contributed by atoms with van der Waals surface area (Å²) < 4.78 is 0. The molecule has 0 unspecified atom stereocenters. The fourth-order valence-corrected chi connectivity index (χ4v) is 0. The van der Waals surface area contributed by atoms with Crippen LogP contribution >= 0.6 is 0 Å². The van der Waals surface area contributed by atoms with Crippen molar-refractivity contribution in [2.75, 3.05) is 0 Å². The number of hydrogen-bond donors (Lipinski definition) is 8. The normalized spacial score (nSPS) is 2.67. The van der Waals surface area contributed by atoms with Gasteiger partial charge in [-0.15, -0.1) is 0 Å². The van der Waals surface area contributed by atoms with Gasteiger partial charge in [0.05, 0.1) is 0 Å². The van der Waals surface area contributed by atoms with E-state index in [1.54, 1.807) is 0 Å². The molecule has 12 N–H and O–H groups in total. The van der Waals surface area contributed by atoms with E-state index in [1.165, 1.54) is 0 Å². The molecule has 9 heteroatoms. The maximum absolute atomic E-state index is 6.50. The molecule has 0 heterocycles. The molecule has 0 aromatic heterocycles. The van der Waals surface area contributed by atoms with Gasteiger partial charge in [-0.2, -0.15) is 0 Å². The van der Waals surface area contributed by atoms with E-state index in [4.69, 9.17) is 20.8 Å². The zero-order chi connectivity index (χ0) is 8.00. The maximum atomic E-state index is 6.50. The first-order valence-electron chi connectivity index (χ1n) is 1.03. The standard InChI is InChI=1S/Cu.4H3NO/c;4*1-2/h;4*2H,1H2. The molecule has 0 aliphatic carbocycles. The summed E-state index contributed by atoms with van der Waals surface area (Å²) >= 11 is 0. The summed E-state index contributed by atoms with van der Waals surface area (Å²) in [7, 11) is 0. The summed E-state index contributed by atoms with van der Waals surface area (Å²) in [5.41, 5.74) is 0. The molecule has 0 atom stereocenters. The Balaban J connectivity index is -0.00000000762. The van der Waals surface area contributed by atoms with Crippen molar-refractivity contribution in [1.29, 1.82) is 0 Å². The minimum Gasteiger partial charge on any atom is -0.320 e. The molecule has 0 saturated heterocycles. The van der Waals surface area contributed by atoms with Crippen molar-refractivity contribution in [2.45, 2.75) is 0 Å². The van der Waals surface area contributed by atoms with Crippen molar-refractivity contribution >= 4 is 0 Å². The average Bonchev–Trinajstić information content (AvgIpc) is 2.03. The van der Waals surface area contributed by atoms with Crippen molar-refractivity contribution in [3.8, 4) is 0 Å². The second-order valence-corrected chi connectivity index (χ2v) is 0. The van der Waals surface area contributed by atoms with E-state index in [2.05, 4.69) is 23.6 Å². The van der Waals surface area contributed by atoms with Crippen LogP contribution < -0.4 is 23.6 Å². The van der Waals surface area contributed by atoms with Gasteiger partial charge in [0, 0.05) is 17.1 Å². The first-order chi connectivity index (χ1) is 4.00. The molecular formula is H12CuN4O4. The summed E-state index contributed by atoms with van der Waals surface area (Å²) in [4.78, 5) is 0. The van der Waals surface area contributed by atoms with Gasteiger partial charge in [0.2, 0.25) is 0 Å². The third-order valence-electron chi connectivity index (χ3n) is 0. The van der Waals surface area contributed by atoms with E-state index in [0.717, 1.165) is 0 Å². The van der Waals surface area contributed by atoms with E-state index in [-0.39, 0.29) is 17.1 Å². The molecule has 9 heavy (non-hydrogen) atoms. The molecule has 0 aliphatic heterocycles. The molecule has 0 aliphatic rings. The van der Waals surface area contributed by atoms with Crippen molar-refractivity contribution in [3.05, 3.63) is 0 Å². The SMILES string of the molecule is NO.NO.NO.NO.[Cu]. The van der Waals surface area contributed by atoms with Crippen LogP contribution in [0.3, 0.4) is 0 Å². The Morgan fingerprint density at radius 2 is 0.444 bits per heavy atom. The van der Waals surface area contributed by atoms with E-state index in [0.29, 0.717) is 0 Å². The third-order valence-corrected chi connectivity index (χ3v) is 0. The van der Waals surface area contributed by atoms with Gasteiger partial charge in [0.25, 0.3) is 0 Å². The third kappa shape index (κ3) is 7920. The van der Waals surface area contributed by atoms with E-state index >= 15 is 0 Å². The van der Waals surface area contributed by atoms with Gasteiger partial charge in [-0.05, 0) is 0 Å². The Labute approximate surface area is 62.3 Å². The van der Waals surface area contributed by atoms with Crippen LogP contribution in [0, 0.1) is 0 Å². The van der Waals surface area contributed by atoms with Gasteiger partial charge in [0.15, 0.2) is 0 Å². The van der Waals surface area contributed by atoms with Crippen molar-refractivity contribution in [3.63, 3.8) is 0 Å². The maximum Gasteiger partial charge on any atom is 0 e. The smallest absolute Gasteiger partial charge is 0 e. The van der Waals surface area contributed by atoms with Gasteiger partial charge < -0.3 is 20.8 Å². The predicted octanol–water partition coefficient (Wildman–Crippen LogP) is -2.67. The molecule has 8 nitrogen and oxygen atoms in total. The predicted molar refractivity (Wildman–Crippen MR) is 23.9 cm³/mol. The van der Waals surface area contributed by atoms with Gasteiger partial charge >= 0.3 is 0 Å². The van der Waals surface area contributed by atoms with Crippen molar-refractivity contribution < 1.29 is 37.9 Å². The second-order valence-electron chi connectivity index (χ2n) is 0. The number of rotatable bonds is 0. The van der Waals surface area contributed by atoms with Gasteiger partial charge in [0.1, 0.15) is 0 Å². The molecule has 0 spiro atoms. The van der Waals surface area contributed by atoms with Gasteiger partial charge in [-0.25, -0.2) is 23.6 Å². The summed E-state index contributed by atoms with van der Waals surface area (Å²) in [6.07, 6.45) is 0. The summed E-state index contributed by atoms with van der Waals surface area (Å²) in [5, 5.41) is 26.0. The van der Waals surface area contributed by atoms with Crippen LogP contribution in [-0.4, -0.2) is 20.8 Å². The van der Waals surface area contributed by atoms with Gasteiger partial charge in [-0.3, -0.25) is 0 Å². The Morgan fingerprint density at radius 1 is 0.444 bits per heavy atom. The first kappa shape index (κ1) is 35.1.